The Bertz CT molecular complexity index is 909. The molecule has 2 aromatic carbocycles. The van der Waals surface area contributed by atoms with Crippen LogP contribution in [0.5, 0.6) is 23.0 Å². The fraction of sp³-hybridized carbons (Fsp3) is 0.375. The Morgan fingerprint density at radius 3 is 2.10 bits per heavy atom. The summed E-state index contributed by atoms with van der Waals surface area (Å²) in [5, 5.41) is 0. The highest BCUT2D eigenvalue weighted by Crippen LogP contribution is 2.33. The van der Waals surface area contributed by atoms with Crippen LogP contribution in [0.3, 0.4) is 0 Å². The van der Waals surface area contributed by atoms with Crippen molar-refractivity contribution in [2.75, 3.05) is 48.6 Å². The Balaban J connectivity index is 2.33. The third kappa shape index (κ3) is 6.31. The van der Waals surface area contributed by atoms with E-state index < -0.39 is 0 Å². The smallest absolute Gasteiger partial charge is 0.409 e. The van der Waals surface area contributed by atoms with Gasteiger partial charge in [0.15, 0.2) is 23.0 Å². The van der Waals surface area contributed by atoms with Crippen LogP contribution in [0.25, 0.3) is 12.2 Å². The number of amides is 1. The van der Waals surface area contributed by atoms with Crippen molar-refractivity contribution in [3.05, 3.63) is 47.0 Å². The number of nitrogens with zero attached hydrogens (tertiary/aromatic N) is 1. The van der Waals surface area contributed by atoms with Gasteiger partial charge in [-0.2, -0.15) is 0 Å². The predicted octanol–water partition coefficient (Wildman–Crippen LogP) is 4.52. The summed E-state index contributed by atoms with van der Waals surface area (Å²) in [4.78, 5) is 13.5. The molecule has 0 aromatic heterocycles. The molecule has 0 radical (unpaired) electrons. The Kier molecular flexibility index (Phi) is 9.06. The lowest BCUT2D eigenvalue weighted by atomic mass is 10.0. The molecule has 2 aromatic rings. The molecular formula is C24H31NO6. The lowest BCUT2D eigenvalue weighted by Crippen LogP contribution is -2.29. The van der Waals surface area contributed by atoms with Crippen molar-refractivity contribution in [2.24, 2.45) is 0 Å². The monoisotopic (exact) mass is 429 g/mol. The minimum absolute atomic E-state index is 0.342. The molecule has 0 N–H and O–H groups in total. The van der Waals surface area contributed by atoms with Crippen LogP contribution in [0.15, 0.2) is 30.3 Å². The van der Waals surface area contributed by atoms with Crippen LogP contribution in [-0.2, 0) is 11.2 Å². The summed E-state index contributed by atoms with van der Waals surface area (Å²) in [5.41, 5.74) is 2.94. The molecule has 0 aliphatic rings. The maximum absolute atomic E-state index is 11.9. The average Bonchev–Trinajstić information content (AvgIpc) is 2.80. The third-order valence-corrected chi connectivity index (χ3v) is 4.80. The quantitative estimate of drug-likeness (QED) is 0.517. The number of carbonyl (C=O) groups is 1. The minimum atomic E-state index is -0.342. The molecule has 0 saturated carbocycles. The van der Waals surface area contributed by atoms with Crippen LogP contribution in [-0.4, -0.2) is 59.6 Å². The molecular weight excluding hydrogens is 398 g/mol. The number of likely N-dealkylation sites (N-methyl/N-ethyl adjacent to an activating group) is 1. The van der Waals surface area contributed by atoms with Crippen LogP contribution in [0.1, 0.15) is 23.6 Å². The van der Waals surface area contributed by atoms with Crippen molar-refractivity contribution < 1.29 is 28.5 Å². The van der Waals surface area contributed by atoms with Gasteiger partial charge in [0.25, 0.3) is 0 Å². The van der Waals surface area contributed by atoms with Crippen molar-refractivity contribution in [3.63, 3.8) is 0 Å². The van der Waals surface area contributed by atoms with Crippen molar-refractivity contribution >= 4 is 18.2 Å². The largest absolute Gasteiger partial charge is 0.493 e. The van der Waals surface area contributed by atoms with Crippen molar-refractivity contribution in [1.29, 1.82) is 0 Å². The van der Waals surface area contributed by atoms with Crippen molar-refractivity contribution in [1.82, 2.24) is 4.90 Å². The van der Waals surface area contributed by atoms with Crippen LogP contribution >= 0.6 is 0 Å². The third-order valence-electron chi connectivity index (χ3n) is 4.80. The molecule has 0 fully saturated rings. The Hall–Kier alpha value is -3.35. The number of ether oxygens (including phenoxy) is 5. The Labute approximate surface area is 184 Å². The summed E-state index contributed by atoms with van der Waals surface area (Å²) in [6.07, 6.45) is 4.27. The molecule has 168 valence electrons. The fourth-order valence-electron chi connectivity index (χ4n) is 3.06. The zero-order chi connectivity index (χ0) is 22.8. The summed E-state index contributed by atoms with van der Waals surface area (Å²) in [6.45, 7) is 2.64. The van der Waals surface area contributed by atoms with Crippen molar-refractivity contribution in [2.45, 2.75) is 13.3 Å². The highest BCUT2D eigenvalue weighted by atomic mass is 16.6. The molecule has 0 aliphatic carbocycles. The van der Waals surface area contributed by atoms with Gasteiger partial charge in [0.2, 0.25) is 0 Å². The van der Waals surface area contributed by atoms with E-state index in [1.165, 1.54) is 0 Å². The van der Waals surface area contributed by atoms with E-state index in [0.29, 0.717) is 42.6 Å². The molecule has 0 atom stereocenters. The minimum Gasteiger partial charge on any atom is -0.493 e. The molecule has 0 bridgehead atoms. The lowest BCUT2D eigenvalue weighted by molar-refractivity contribution is 0.116. The van der Waals surface area contributed by atoms with E-state index in [1.54, 1.807) is 47.3 Å². The number of benzene rings is 2. The van der Waals surface area contributed by atoms with Gasteiger partial charge < -0.3 is 28.6 Å². The Morgan fingerprint density at radius 1 is 0.871 bits per heavy atom. The first kappa shape index (κ1) is 23.9. The molecule has 7 heteroatoms. The maximum atomic E-state index is 11.9. The number of rotatable bonds is 10. The lowest BCUT2D eigenvalue weighted by Gasteiger charge is -2.18. The number of hydrogen-bond donors (Lipinski definition) is 0. The summed E-state index contributed by atoms with van der Waals surface area (Å²) < 4.78 is 26.7. The van der Waals surface area contributed by atoms with E-state index >= 15 is 0 Å². The predicted molar refractivity (Wildman–Crippen MR) is 121 cm³/mol. The van der Waals surface area contributed by atoms with Crippen LogP contribution in [0.2, 0.25) is 0 Å². The molecule has 2 rings (SSSR count). The van der Waals surface area contributed by atoms with Gasteiger partial charge in [-0.1, -0.05) is 18.2 Å². The number of carbonyl (C=O) groups excluding carboxylic acids is 1. The standard InChI is InChI=1S/C24H31NO6/c1-7-31-24(26)25(2)13-12-19-16-23(30-6)22(29-5)15-18(19)10-8-17-9-11-20(27-3)21(14-17)28-4/h8-11,14-16H,7,12-13H2,1-6H3/b10-8-. The Morgan fingerprint density at radius 2 is 1.48 bits per heavy atom. The molecule has 7 nitrogen and oxygen atoms in total. The van der Waals surface area contributed by atoms with Gasteiger partial charge in [-0.25, -0.2) is 4.79 Å². The van der Waals surface area contributed by atoms with Crippen LogP contribution in [0, 0.1) is 0 Å². The topological polar surface area (TPSA) is 66.5 Å². The SMILES string of the molecule is CCOC(=O)N(C)CCc1cc(OC)c(OC)cc1/C=C\c1ccc(OC)c(OC)c1. The molecule has 1 amide bonds. The number of methoxy groups -OCH3 is 4. The van der Waals surface area contributed by atoms with E-state index in [4.69, 9.17) is 23.7 Å². The van der Waals surface area contributed by atoms with Gasteiger partial charge in [-0.05, 0) is 54.3 Å². The van der Waals surface area contributed by atoms with Crippen LogP contribution < -0.4 is 18.9 Å². The molecule has 0 spiro atoms. The van der Waals surface area contributed by atoms with Crippen LogP contribution in [0.4, 0.5) is 4.79 Å². The number of hydrogen-bond acceptors (Lipinski definition) is 6. The van der Waals surface area contributed by atoms with Crippen molar-refractivity contribution in [3.8, 4) is 23.0 Å². The van der Waals surface area contributed by atoms with Gasteiger partial charge in [-0.15, -0.1) is 0 Å². The summed E-state index contributed by atoms with van der Waals surface area (Å²) in [5.74, 6) is 2.61. The second kappa shape index (κ2) is 11.7. The summed E-state index contributed by atoms with van der Waals surface area (Å²) >= 11 is 0. The first-order valence-corrected chi connectivity index (χ1v) is 10.00. The van der Waals surface area contributed by atoms with Gasteiger partial charge in [0, 0.05) is 13.6 Å². The fourth-order valence-corrected chi connectivity index (χ4v) is 3.06. The van der Waals surface area contributed by atoms with E-state index in [2.05, 4.69) is 0 Å². The van der Waals surface area contributed by atoms with Gasteiger partial charge in [0.1, 0.15) is 0 Å². The molecule has 0 heterocycles. The first-order chi connectivity index (χ1) is 15.0. The zero-order valence-electron chi connectivity index (χ0n) is 19.1. The zero-order valence-corrected chi connectivity index (χ0v) is 19.1. The summed E-state index contributed by atoms with van der Waals surface area (Å²) in [7, 11) is 8.14. The highest BCUT2D eigenvalue weighted by molar-refractivity contribution is 5.74. The second-order valence-electron chi connectivity index (χ2n) is 6.72. The maximum Gasteiger partial charge on any atom is 0.409 e. The van der Waals surface area contributed by atoms with E-state index in [9.17, 15) is 4.79 Å². The van der Waals surface area contributed by atoms with Gasteiger partial charge in [-0.3, -0.25) is 0 Å². The van der Waals surface area contributed by atoms with E-state index in [1.807, 2.05) is 42.5 Å². The molecule has 31 heavy (non-hydrogen) atoms. The van der Waals surface area contributed by atoms with E-state index in [0.717, 1.165) is 16.7 Å². The first-order valence-electron chi connectivity index (χ1n) is 10.00. The summed E-state index contributed by atoms with van der Waals surface area (Å²) in [6, 6.07) is 9.58. The normalized spacial score (nSPS) is 10.6. The van der Waals surface area contributed by atoms with Gasteiger partial charge >= 0.3 is 6.09 Å². The van der Waals surface area contributed by atoms with E-state index in [-0.39, 0.29) is 6.09 Å². The molecule has 0 aliphatic heterocycles. The van der Waals surface area contributed by atoms with Gasteiger partial charge in [0.05, 0.1) is 35.0 Å². The highest BCUT2D eigenvalue weighted by Gasteiger charge is 2.13. The average molecular weight is 430 g/mol. The molecule has 0 unspecified atom stereocenters. The second-order valence-corrected chi connectivity index (χ2v) is 6.72. The molecule has 0 saturated heterocycles.